The van der Waals surface area contributed by atoms with Crippen molar-refractivity contribution < 1.29 is 0 Å². The van der Waals surface area contributed by atoms with Crippen molar-refractivity contribution >= 4 is 22.5 Å². The highest BCUT2D eigenvalue weighted by atomic mass is 32.2. The Morgan fingerprint density at radius 1 is 1.11 bits per heavy atom. The van der Waals surface area contributed by atoms with Crippen LogP contribution in [0.4, 0.5) is 0 Å². The second kappa shape index (κ2) is 6.97. The van der Waals surface area contributed by atoms with Gasteiger partial charge < -0.3 is 0 Å². The Bertz CT molecular complexity index is 518. The molecule has 0 saturated carbocycles. The van der Waals surface area contributed by atoms with Crippen LogP contribution in [0.1, 0.15) is 18.9 Å². The van der Waals surface area contributed by atoms with Gasteiger partial charge in [0.05, 0.1) is 0 Å². The SMILES string of the molecule is CSCC[C@@H](C)N(C)Cc1cccc2ccccc12. The predicted octanol–water partition coefficient (Wildman–Crippen LogP) is 4.41. The first-order valence-electron chi connectivity index (χ1n) is 6.88. The molecule has 1 nitrogen and oxygen atoms in total. The lowest BCUT2D eigenvalue weighted by atomic mass is 10.0. The fourth-order valence-corrected chi connectivity index (χ4v) is 2.94. The van der Waals surface area contributed by atoms with Crippen molar-refractivity contribution in [1.82, 2.24) is 4.90 Å². The van der Waals surface area contributed by atoms with Crippen LogP contribution >= 0.6 is 11.8 Å². The second-order valence-corrected chi connectivity index (χ2v) is 6.17. The molecular weight excluding hydrogens is 250 g/mol. The first-order valence-corrected chi connectivity index (χ1v) is 8.27. The first-order chi connectivity index (χ1) is 9.22. The lowest BCUT2D eigenvalue weighted by Gasteiger charge is -2.25. The standard InChI is InChI=1S/C17H23NS/c1-14(11-12-19-3)18(2)13-16-9-6-8-15-7-4-5-10-17(15)16/h4-10,14H,11-13H2,1-3H3/t14-/m1/s1. The molecule has 0 saturated heterocycles. The van der Waals surface area contributed by atoms with E-state index in [9.17, 15) is 0 Å². The minimum atomic E-state index is 0.631. The third kappa shape index (κ3) is 3.74. The molecule has 2 aromatic carbocycles. The summed E-state index contributed by atoms with van der Waals surface area (Å²) in [4.78, 5) is 2.46. The molecule has 0 amide bonds. The normalized spacial score (nSPS) is 13.1. The van der Waals surface area contributed by atoms with Gasteiger partial charge in [0.15, 0.2) is 0 Å². The Balaban J connectivity index is 2.12. The number of thioether (sulfide) groups is 1. The molecule has 0 unspecified atom stereocenters. The van der Waals surface area contributed by atoms with Crippen LogP contribution in [-0.2, 0) is 6.54 Å². The minimum Gasteiger partial charge on any atom is -0.299 e. The van der Waals surface area contributed by atoms with E-state index in [-0.39, 0.29) is 0 Å². The average molecular weight is 273 g/mol. The fraction of sp³-hybridized carbons (Fsp3) is 0.412. The minimum absolute atomic E-state index is 0.631. The van der Waals surface area contributed by atoms with Crippen molar-refractivity contribution in [3.05, 3.63) is 48.0 Å². The van der Waals surface area contributed by atoms with Crippen molar-refractivity contribution in [2.75, 3.05) is 19.1 Å². The number of hydrogen-bond donors (Lipinski definition) is 0. The quantitative estimate of drug-likeness (QED) is 0.767. The maximum absolute atomic E-state index is 2.46. The van der Waals surface area contributed by atoms with Gasteiger partial charge >= 0.3 is 0 Å². The second-order valence-electron chi connectivity index (χ2n) is 5.18. The van der Waals surface area contributed by atoms with Crippen LogP contribution < -0.4 is 0 Å². The molecule has 0 N–H and O–H groups in total. The maximum Gasteiger partial charge on any atom is 0.0239 e. The van der Waals surface area contributed by atoms with Gasteiger partial charge in [0.1, 0.15) is 0 Å². The summed E-state index contributed by atoms with van der Waals surface area (Å²) in [6.07, 6.45) is 3.43. The van der Waals surface area contributed by atoms with Gasteiger partial charge in [-0.05, 0) is 48.7 Å². The molecule has 0 fully saturated rings. The summed E-state index contributed by atoms with van der Waals surface area (Å²) in [6, 6.07) is 15.9. The Hall–Kier alpha value is -0.990. The fourth-order valence-electron chi connectivity index (χ4n) is 2.36. The van der Waals surface area contributed by atoms with E-state index in [0.717, 1.165) is 6.54 Å². The summed E-state index contributed by atoms with van der Waals surface area (Å²) in [6.45, 7) is 3.35. The zero-order valence-electron chi connectivity index (χ0n) is 12.1. The summed E-state index contributed by atoms with van der Waals surface area (Å²) in [5, 5.41) is 2.72. The zero-order valence-corrected chi connectivity index (χ0v) is 12.9. The molecule has 1 atom stereocenters. The van der Waals surface area contributed by atoms with Crippen LogP contribution in [0.3, 0.4) is 0 Å². The number of hydrogen-bond acceptors (Lipinski definition) is 2. The molecule has 0 aliphatic carbocycles. The molecule has 0 radical (unpaired) electrons. The van der Waals surface area contributed by atoms with Gasteiger partial charge in [-0.2, -0.15) is 11.8 Å². The topological polar surface area (TPSA) is 3.24 Å². The molecule has 0 spiro atoms. The van der Waals surface area contributed by atoms with E-state index in [1.165, 1.54) is 28.5 Å². The Kier molecular flexibility index (Phi) is 5.29. The first kappa shape index (κ1) is 14.4. The van der Waals surface area contributed by atoms with Gasteiger partial charge in [-0.3, -0.25) is 4.90 Å². The van der Waals surface area contributed by atoms with Crippen molar-refractivity contribution in [2.45, 2.75) is 25.9 Å². The van der Waals surface area contributed by atoms with Gasteiger partial charge in [-0.15, -0.1) is 0 Å². The van der Waals surface area contributed by atoms with E-state index in [4.69, 9.17) is 0 Å². The summed E-state index contributed by atoms with van der Waals surface area (Å²) in [5.41, 5.74) is 1.43. The molecule has 0 heterocycles. The summed E-state index contributed by atoms with van der Waals surface area (Å²) in [5.74, 6) is 1.24. The van der Waals surface area contributed by atoms with Gasteiger partial charge in [0, 0.05) is 12.6 Å². The van der Waals surface area contributed by atoms with Crippen molar-refractivity contribution in [1.29, 1.82) is 0 Å². The van der Waals surface area contributed by atoms with Crippen LogP contribution in [0, 0.1) is 0 Å². The highest BCUT2D eigenvalue weighted by molar-refractivity contribution is 7.98. The Labute approximate surface area is 121 Å². The van der Waals surface area contributed by atoms with E-state index in [0.29, 0.717) is 6.04 Å². The van der Waals surface area contributed by atoms with E-state index >= 15 is 0 Å². The maximum atomic E-state index is 2.46. The average Bonchev–Trinajstić information content (AvgIpc) is 2.45. The molecule has 0 bridgehead atoms. The van der Waals surface area contributed by atoms with E-state index in [1.807, 2.05) is 11.8 Å². The van der Waals surface area contributed by atoms with Gasteiger partial charge in [0.25, 0.3) is 0 Å². The smallest absolute Gasteiger partial charge is 0.0239 e. The van der Waals surface area contributed by atoms with Crippen molar-refractivity contribution in [3.8, 4) is 0 Å². The Morgan fingerprint density at radius 3 is 2.63 bits per heavy atom. The van der Waals surface area contributed by atoms with Crippen LogP contribution in [0.2, 0.25) is 0 Å². The van der Waals surface area contributed by atoms with E-state index < -0.39 is 0 Å². The van der Waals surface area contributed by atoms with Gasteiger partial charge in [-0.25, -0.2) is 0 Å². The van der Waals surface area contributed by atoms with Crippen molar-refractivity contribution in [3.63, 3.8) is 0 Å². The van der Waals surface area contributed by atoms with E-state index in [2.05, 4.69) is 67.6 Å². The van der Waals surface area contributed by atoms with E-state index in [1.54, 1.807) is 0 Å². The van der Waals surface area contributed by atoms with Crippen LogP contribution in [0.15, 0.2) is 42.5 Å². The molecular formula is C17H23NS. The third-order valence-corrected chi connectivity index (χ3v) is 4.44. The molecule has 2 aromatic rings. The number of rotatable bonds is 6. The number of nitrogens with zero attached hydrogens (tertiary/aromatic N) is 1. The molecule has 0 aromatic heterocycles. The molecule has 0 aliphatic rings. The zero-order chi connectivity index (χ0) is 13.7. The predicted molar refractivity (Wildman–Crippen MR) is 87.9 cm³/mol. The number of benzene rings is 2. The lowest BCUT2D eigenvalue weighted by Crippen LogP contribution is -2.29. The van der Waals surface area contributed by atoms with Crippen LogP contribution in [0.25, 0.3) is 10.8 Å². The number of fused-ring (bicyclic) bond motifs is 1. The highest BCUT2D eigenvalue weighted by Crippen LogP contribution is 2.20. The lowest BCUT2D eigenvalue weighted by molar-refractivity contribution is 0.246. The highest BCUT2D eigenvalue weighted by Gasteiger charge is 2.10. The monoisotopic (exact) mass is 273 g/mol. The van der Waals surface area contributed by atoms with Crippen LogP contribution in [-0.4, -0.2) is 30.0 Å². The summed E-state index contributed by atoms with van der Waals surface area (Å²) >= 11 is 1.93. The summed E-state index contributed by atoms with van der Waals surface area (Å²) < 4.78 is 0. The molecule has 2 rings (SSSR count). The third-order valence-electron chi connectivity index (χ3n) is 3.79. The molecule has 19 heavy (non-hydrogen) atoms. The van der Waals surface area contributed by atoms with Gasteiger partial charge in [0.2, 0.25) is 0 Å². The van der Waals surface area contributed by atoms with Crippen LogP contribution in [0.5, 0.6) is 0 Å². The van der Waals surface area contributed by atoms with Gasteiger partial charge in [-0.1, -0.05) is 42.5 Å². The van der Waals surface area contributed by atoms with Crippen molar-refractivity contribution in [2.24, 2.45) is 0 Å². The summed E-state index contributed by atoms with van der Waals surface area (Å²) in [7, 11) is 2.23. The molecule has 2 heteroatoms. The Morgan fingerprint density at radius 2 is 1.84 bits per heavy atom. The largest absolute Gasteiger partial charge is 0.299 e. The molecule has 0 aliphatic heterocycles. The molecule has 102 valence electrons.